The van der Waals surface area contributed by atoms with Gasteiger partial charge in [0, 0.05) is 33.9 Å². The van der Waals surface area contributed by atoms with Crippen LogP contribution in [0.15, 0.2) is 36.4 Å². The molecule has 0 saturated heterocycles. The van der Waals surface area contributed by atoms with E-state index in [1.807, 2.05) is 29.5 Å². The Labute approximate surface area is 136 Å². The van der Waals surface area contributed by atoms with E-state index in [-0.39, 0.29) is 0 Å². The third kappa shape index (κ3) is 4.55. The lowest BCUT2D eigenvalue weighted by atomic mass is 10.1. The maximum absolute atomic E-state index is 6.30. The summed E-state index contributed by atoms with van der Waals surface area (Å²) in [5, 5.41) is 4.21. The van der Waals surface area contributed by atoms with E-state index in [1.165, 1.54) is 15.3 Å². The van der Waals surface area contributed by atoms with E-state index in [4.69, 9.17) is 11.6 Å². The Morgan fingerprint density at radius 2 is 1.90 bits per heavy atom. The van der Waals surface area contributed by atoms with Crippen LogP contribution in [0.1, 0.15) is 35.2 Å². The van der Waals surface area contributed by atoms with E-state index < -0.39 is 0 Å². The lowest BCUT2D eigenvalue weighted by molar-refractivity contribution is 0.255. The molecule has 2 rings (SSSR count). The molecule has 114 valence electrons. The summed E-state index contributed by atoms with van der Waals surface area (Å²) in [5.41, 5.74) is 1.19. The van der Waals surface area contributed by atoms with Gasteiger partial charge in [-0.2, -0.15) is 0 Å². The molecule has 0 aliphatic heterocycles. The van der Waals surface area contributed by atoms with Crippen LogP contribution in [-0.4, -0.2) is 18.5 Å². The fraction of sp³-hybridized carbons (Fsp3) is 0.412. The first-order valence-corrected chi connectivity index (χ1v) is 8.54. The van der Waals surface area contributed by atoms with Crippen molar-refractivity contribution in [3.05, 3.63) is 56.7 Å². The molecule has 1 unspecified atom stereocenters. The second kappa shape index (κ2) is 7.95. The van der Waals surface area contributed by atoms with Gasteiger partial charge in [-0.3, -0.25) is 4.90 Å². The number of hydrogen-bond acceptors (Lipinski definition) is 3. The van der Waals surface area contributed by atoms with Gasteiger partial charge in [0.1, 0.15) is 0 Å². The molecule has 0 saturated carbocycles. The van der Waals surface area contributed by atoms with Gasteiger partial charge >= 0.3 is 0 Å². The van der Waals surface area contributed by atoms with Crippen LogP contribution in [0.2, 0.25) is 5.02 Å². The van der Waals surface area contributed by atoms with Crippen LogP contribution in [0.3, 0.4) is 0 Å². The van der Waals surface area contributed by atoms with Gasteiger partial charge in [-0.05, 0) is 44.3 Å². The summed E-state index contributed by atoms with van der Waals surface area (Å²) in [6, 6.07) is 12.8. The number of thiophene rings is 1. The maximum Gasteiger partial charge on any atom is 0.0453 e. The summed E-state index contributed by atoms with van der Waals surface area (Å²) in [4.78, 5) is 5.12. The Morgan fingerprint density at radius 1 is 1.19 bits per heavy atom. The highest BCUT2D eigenvalue weighted by molar-refractivity contribution is 7.11. The van der Waals surface area contributed by atoms with Crippen molar-refractivity contribution in [2.75, 3.05) is 13.6 Å². The minimum atomic E-state index is 0.304. The summed E-state index contributed by atoms with van der Waals surface area (Å²) >= 11 is 8.18. The topological polar surface area (TPSA) is 15.3 Å². The minimum absolute atomic E-state index is 0.304. The Morgan fingerprint density at radius 3 is 2.62 bits per heavy atom. The molecule has 0 radical (unpaired) electrons. The van der Waals surface area contributed by atoms with Crippen molar-refractivity contribution in [2.24, 2.45) is 0 Å². The smallest absolute Gasteiger partial charge is 0.0453 e. The highest BCUT2D eigenvalue weighted by atomic mass is 35.5. The van der Waals surface area contributed by atoms with Crippen molar-refractivity contribution in [1.29, 1.82) is 0 Å². The lowest BCUT2D eigenvalue weighted by Crippen LogP contribution is -2.21. The van der Waals surface area contributed by atoms with Crippen LogP contribution in [0.4, 0.5) is 0 Å². The molecule has 1 N–H and O–H groups in total. The number of halogens is 1. The standard InChI is InChI=1S/C17H23ClN2S/c1-4-19-11-14-9-10-15(21-14)12-20(3)13(2)16-7-5-6-8-17(16)18/h5-10,13,19H,4,11-12H2,1-3H3. The monoisotopic (exact) mass is 322 g/mol. The highest BCUT2D eigenvalue weighted by Crippen LogP contribution is 2.28. The van der Waals surface area contributed by atoms with Gasteiger partial charge in [-0.25, -0.2) is 0 Å². The van der Waals surface area contributed by atoms with Gasteiger partial charge in [0.15, 0.2) is 0 Å². The van der Waals surface area contributed by atoms with Gasteiger partial charge in [0.05, 0.1) is 0 Å². The van der Waals surface area contributed by atoms with E-state index in [1.54, 1.807) is 0 Å². The van der Waals surface area contributed by atoms with Crippen LogP contribution in [0, 0.1) is 0 Å². The second-order valence-corrected chi connectivity index (χ2v) is 6.92. The summed E-state index contributed by atoms with van der Waals surface area (Å²) in [6.07, 6.45) is 0. The molecule has 0 fully saturated rings. The Kier molecular flexibility index (Phi) is 6.24. The van der Waals surface area contributed by atoms with Crippen molar-refractivity contribution in [1.82, 2.24) is 10.2 Å². The van der Waals surface area contributed by atoms with Crippen molar-refractivity contribution in [3.63, 3.8) is 0 Å². The zero-order valence-electron chi connectivity index (χ0n) is 12.9. The van der Waals surface area contributed by atoms with Gasteiger partial charge < -0.3 is 5.32 Å². The van der Waals surface area contributed by atoms with Crippen molar-refractivity contribution < 1.29 is 0 Å². The largest absolute Gasteiger partial charge is 0.312 e. The first-order valence-electron chi connectivity index (χ1n) is 7.34. The zero-order chi connectivity index (χ0) is 15.2. The maximum atomic E-state index is 6.30. The predicted octanol–water partition coefficient (Wildman–Crippen LogP) is 4.70. The first-order chi connectivity index (χ1) is 10.1. The summed E-state index contributed by atoms with van der Waals surface area (Å²) in [7, 11) is 2.15. The van der Waals surface area contributed by atoms with E-state index in [0.717, 1.165) is 24.7 Å². The molecule has 0 spiro atoms. The summed E-state index contributed by atoms with van der Waals surface area (Å²) in [6.45, 7) is 7.26. The average molecular weight is 323 g/mol. The second-order valence-electron chi connectivity index (χ2n) is 5.26. The molecule has 0 bridgehead atoms. The first kappa shape index (κ1) is 16.5. The molecular weight excluding hydrogens is 300 g/mol. The lowest BCUT2D eigenvalue weighted by Gasteiger charge is -2.25. The Bertz CT molecular complexity index is 567. The summed E-state index contributed by atoms with van der Waals surface area (Å²) in [5.74, 6) is 0. The van der Waals surface area contributed by atoms with Gasteiger partial charge in [0.2, 0.25) is 0 Å². The van der Waals surface area contributed by atoms with E-state index in [0.29, 0.717) is 6.04 Å². The molecule has 2 nitrogen and oxygen atoms in total. The fourth-order valence-corrected chi connectivity index (χ4v) is 3.63. The third-order valence-electron chi connectivity index (χ3n) is 3.69. The van der Waals surface area contributed by atoms with Crippen LogP contribution < -0.4 is 5.32 Å². The summed E-state index contributed by atoms with van der Waals surface area (Å²) < 4.78 is 0. The normalized spacial score (nSPS) is 12.8. The van der Waals surface area contributed by atoms with Crippen LogP contribution in [0.5, 0.6) is 0 Å². The molecule has 1 heterocycles. The number of nitrogens with zero attached hydrogens (tertiary/aromatic N) is 1. The molecule has 2 aromatic rings. The van der Waals surface area contributed by atoms with E-state index >= 15 is 0 Å². The fourth-order valence-electron chi connectivity index (χ4n) is 2.28. The van der Waals surface area contributed by atoms with Crippen molar-refractivity contribution in [2.45, 2.75) is 33.0 Å². The molecule has 1 aromatic carbocycles. The van der Waals surface area contributed by atoms with Crippen molar-refractivity contribution >= 4 is 22.9 Å². The number of nitrogens with one attached hydrogen (secondary N) is 1. The molecule has 0 aliphatic rings. The van der Waals surface area contributed by atoms with Crippen LogP contribution >= 0.6 is 22.9 Å². The van der Waals surface area contributed by atoms with E-state index in [9.17, 15) is 0 Å². The van der Waals surface area contributed by atoms with Crippen LogP contribution in [-0.2, 0) is 13.1 Å². The minimum Gasteiger partial charge on any atom is -0.312 e. The SMILES string of the molecule is CCNCc1ccc(CN(C)C(C)c2ccccc2Cl)s1. The molecule has 0 amide bonds. The van der Waals surface area contributed by atoms with Crippen LogP contribution in [0.25, 0.3) is 0 Å². The zero-order valence-corrected chi connectivity index (χ0v) is 14.5. The average Bonchev–Trinajstić information content (AvgIpc) is 2.92. The Balaban J connectivity index is 1.99. The quantitative estimate of drug-likeness (QED) is 0.794. The molecular formula is C17H23ClN2S. The van der Waals surface area contributed by atoms with Gasteiger partial charge in [-0.1, -0.05) is 36.7 Å². The number of benzene rings is 1. The molecule has 1 atom stereocenters. The van der Waals surface area contributed by atoms with Gasteiger partial charge in [-0.15, -0.1) is 11.3 Å². The van der Waals surface area contributed by atoms with Crippen molar-refractivity contribution in [3.8, 4) is 0 Å². The molecule has 4 heteroatoms. The predicted molar refractivity (Wildman–Crippen MR) is 93.0 cm³/mol. The van der Waals surface area contributed by atoms with E-state index in [2.05, 4.69) is 49.3 Å². The Hall–Kier alpha value is -0.870. The number of hydrogen-bond donors (Lipinski definition) is 1. The molecule has 1 aromatic heterocycles. The molecule has 0 aliphatic carbocycles. The number of rotatable bonds is 7. The molecule has 21 heavy (non-hydrogen) atoms. The highest BCUT2D eigenvalue weighted by Gasteiger charge is 2.15. The third-order valence-corrected chi connectivity index (χ3v) is 5.10. The van der Waals surface area contributed by atoms with Gasteiger partial charge in [0.25, 0.3) is 0 Å².